The summed E-state index contributed by atoms with van der Waals surface area (Å²) in [4.78, 5) is 37.4. The number of carbonyl (C=O) groups excluding carboxylic acids is 2. The van der Waals surface area contributed by atoms with Crippen molar-refractivity contribution in [3.05, 3.63) is 35.9 Å². The quantitative estimate of drug-likeness (QED) is 0.702. The molecule has 0 saturated carbocycles. The minimum Gasteiger partial charge on any atom is -0.480 e. The summed E-state index contributed by atoms with van der Waals surface area (Å²) in [5.74, 6) is -2.27. The molecule has 1 unspecified atom stereocenters. The zero-order valence-corrected chi connectivity index (χ0v) is 14.5. The molecule has 4 N–H and O–H groups in total. The van der Waals surface area contributed by atoms with E-state index in [-0.39, 0.29) is 12.1 Å². The van der Waals surface area contributed by atoms with Gasteiger partial charge in [0.2, 0.25) is 0 Å². The number of carbonyl (C=O) groups is 3. The average molecular weight is 352 g/mol. The largest absolute Gasteiger partial charge is 0.480 e. The summed E-state index contributed by atoms with van der Waals surface area (Å²) in [7, 11) is 0. The van der Waals surface area contributed by atoms with Crippen molar-refractivity contribution in [1.29, 1.82) is 0 Å². The van der Waals surface area contributed by atoms with Crippen LogP contribution in [0.3, 0.4) is 0 Å². The Morgan fingerprint density at radius 2 is 1.76 bits per heavy atom. The Balaban J connectivity index is 3.27. The minimum absolute atomic E-state index is 0.127. The van der Waals surface area contributed by atoms with Gasteiger partial charge in [-0.25, -0.2) is 14.5 Å². The van der Waals surface area contributed by atoms with Crippen molar-refractivity contribution in [1.82, 2.24) is 4.90 Å². The van der Waals surface area contributed by atoms with Crippen LogP contribution in [0.25, 0.3) is 0 Å². The summed E-state index contributed by atoms with van der Waals surface area (Å²) in [6.45, 7) is 4.59. The van der Waals surface area contributed by atoms with Crippen molar-refractivity contribution in [2.45, 2.75) is 44.9 Å². The molecule has 0 heterocycles. The first-order chi connectivity index (χ1) is 11.6. The number of nitrogens with zero attached hydrogens (tertiary/aromatic N) is 1. The summed E-state index contributed by atoms with van der Waals surface area (Å²) < 4.78 is 5.18. The molecule has 0 saturated heterocycles. The number of imide groups is 1. The van der Waals surface area contributed by atoms with Crippen LogP contribution in [0, 0.1) is 0 Å². The predicted molar refractivity (Wildman–Crippen MR) is 89.9 cm³/mol. The van der Waals surface area contributed by atoms with Crippen LogP contribution in [0.1, 0.15) is 37.6 Å². The Hall–Kier alpha value is -2.45. The standard InChI is InChI=1S/C17H24N2O6/c1-17(2,3)25-16(24)19(13(15(22)23)9-12(20)10-18)14(21)11-7-5-4-6-8-11/h4-8,12-13,20H,9-10,18H2,1-3H3,(H,22,23)/t12?,13-/m0/s1. The van der Waals surface area contributed by atoms with E-state index in [0.717, 1.165) is 0 Å². The number of rotatable bonds is 6. The lowest BCUT2D eigenvalue weighted by Gasteiger charge is -2.30. The van der Waals surface area contributed by atoms with Gasteiger partial charge in [-0.05, 0) is 32.9 Å². The fourth-order valence-electron chi connectivity index (χ4n) is 2.05. The lowest BCUT2D eigenvalue weighted by atomic mass is 10.1. The van der Waals surface area contributed by atoms with Gasteiger partial charge in [-0.2, -0.15) is 0 Å². The zero-order chi connectivity index (χ0) is 19.2. The van der Waals surface area contributed by atoms with Gasteiger partial charge in [0, 0.05) is 18.5 Å². The minimum atomic E-state index is -1.61. The number of hydrogen-bond acceptors (Lipinski definition) is 6. The third-order valence-corrected chi connectivity index (χ3v) is 3.19. The molecule has 0 bridgehead atoms. The van der Waals surface area contributed by atoms with Gasteiger partial charge in [-0.15, -0.1) is 0 Å². The second-order valence-electron chi connectivity index (χ2n) is 6.50. The van der Waals surface area contributed by atoms with E-state index >= 15 is 0 Å². The zero-order valence-electron chi connectivity index (χ0n) is 14.5. The average Bonchev–Trinajstić information content (AvgIpc) is 2.52. The van der Waals surface area contributed by atoms with Gasteiger partial charge in [0.05, 0.1) is 6.10 Å². The van der Waals surface area contributed by atoms with Crippen molar-refractivity contribution >= 4 is 18.0 Å². The Kier molecular flexibility index (Phi) is 7.08. The van der Waals surface area contributed by atoms with E-state index in [1.54, 1.807) is 39.0 Å². The predicted octanol–water partition coefficient (Wildman–Crippen LogP) is 1.23. The van der Waals surface area contributed by atoms with Gasteiger partial charge in [-0.3, -0.25) is 4.79 Å². The van der Waals surface area contributed by atoms with E-state index in [9.17, 15) is 24.6 Å². The van der Waals surface area contributed by atoms with Crippen molar-refractivity contribution in [2.24, 2.45) is 5.73 Å². The van der Waals surface area contributed by atoms with Crippen LogP contribution in [0.5, 0.6) is 0 Å². The maximum atomic E-state index is 12.7. The second-order valence-corrected chi connectivity index (χ2v) is 6.50. The van der Waals surface area contributed by atoms with Gasteiger partial charge in [0.1, 0.15) is 11.6 Å². The molecule has 1 rings (SSSR count). The number of nitrogens with two attached hydrogens (primary N) is 1. The smallest absolute Gasteiger partial charge is 0.418 e. The van der Waals surface area contributed by atoms with E-state index in [0.29, 0.717) is 4.90 Å². The van der Waals surface area contributed by atoms with Gasteiger partial charge >= 0.3 is 12.1 Å². The van der Waals surface area contributed by atoms with E-state index in [2.05, 4.69) is 0 Å². The molecule has 0 aliphatic carbocycles. The monoisotopic (exact) mass is 352 g/mol. The highest BCUT2D eigenvalue weighted by Crippen LogP contribution is 2.18. The summed E-state index contributed by atoms with van der Waals surface area (Å²) in [6.07, 6.45) is -2.68. The van der Waals surface area contributed by atoms with Crippen LogP contribution in [-0.4, -0.2) is 57.4 Å². The van der Waals surface area contributed by atoms with Crippen molar-refractivity contribution < 1.29 is 29.3 Å². The maximum absolute atomic E-state index is 12.7. The van der Waals surface area contributed by atoms with Crippen LogP contribution < -0.4 is 5.73 Å². The lowest BCUT2D eigenvalue weighted by Crippen LogP contribution is -2.52. The Bertz CT molecular complexity index is 611. The molecule has 0 spiro atoms. The Morgan fingerprint density at radius 3 is 2.20 bits per heavy atom. The highest BCUT2D eigenvalue weighted by molar-refractivity contribution is 6.05. The summed E-state index contributed by atoms with van der Waals surface area (Å²) in [5.41, 5.74) is 4.52. The van der Waals surface area contributed by atoms with Crippen molar-refractivity contribution in [3.8, 4) is 0 Å². The van der Waals surface area contributed by atoms with Crippen LogP contribution >= 0.6 is 0 Å². The van der Waals surface area contributed by atoms with Crippen LogP contribution in [0.4, 0.5) is 4.79 Å². The molecule has 2 atom stereocenters. The molecule has 138 valence electrons. The highest BCUT2D eigenvalue weighted by atomic mass is 16.6. The van der Waals surface area contributed by atoms with Gasteiger partial charge < -0.3 is 20.7 Å². The number of aliphatic carboxylic acids is 1. The molecule has 0 aliphatic rings. The first kappa shape index (κ1) is 20.6. The molecule has 0 aromatic heterocycles. The molecule has 0 aliphatic heterocycles. The van der Waals surface area contributed by atoms with E-state index < -0.39 is 42.1 Å². The van der Waals surface area contributed by atoms with Crippen LogP contribution in [0.2, 0.25) is 0 Å². The lowest BCUT2D eigenvalue weighted by molar-refractivity contribution is -0.143. The molecule has 8 nitrogen and oxygen atoms in total. The van der Waals surface area contributed by atoms with Crippen LogP contribution in [0.15, 0.2) is 30.3 Å². The third kappa shape index (κ3) is 6.17. The number of amides is 2. The summed E-state index contributed by atoms with van der Waals surface area (Å²) in [5, 5.41) is 19.2. The number of carboxylic acid groups (broad SMARTS) is 1. The highest BCUT2D eigenvalue weighted by Gasteiger charge is 2.39. The number of benzene rings is 1. The third-order valence-electron chi connectivity index (χ3n) is 3.19. The molecular weight excluding hydrogens is 328 g/mol. The molecule has 8 heteroatoms. The topological polar surface area (TPSA) is 130 Å². The summed E-state index contributed by atoms with van der Waals surface area (Å²) in [6, 6.07) is 6.16. The fourth-order valence-corrected chi connectivity index (χ4v) is 2.05. The molecule has 2 amide bonds. The van der Waals surface area contributed by atoms with Gasteiger partial charge in [0.15, 0.2) is 0 Å². The molecule has 0 radical (unpaired) electrons. The first-order valence-electron chi connectivity index (χ1n) is 7.79. The SMILES string of the molecule is CC(C)(C)OC(=O)N(C(=O)c1ccccc1)[C@@H](CC(O)CN)C(=O)O. The maximum Gasteiger partial charge on any atom is 0.418 e. The fraction of sp³-hybridized carbons (Fsp3) is 0.471. The molecular formula is C17H24N2O6. The first-order valence-corrected chi connectivity index (χ1v) is 7.79. The van der Waals surface area contributed by atoms with Gasteiger partial charge in [-0.1, -0.05) is 18.2 Å². The van der Waals surface area contributed by atoms with Crippen molar-refractivity contribution in [2.75, 3.05) is 6.54 Å². The number of aliphatic hydroxyl groups is 1. The van der Waals surface area contributed by atoms with E-state index in [1.165, 1.54) is 12.1 Å². The molecule has 1 aromatic carbocycles. The Labute approximate surface area is 146 Å². The number of carboxylic acids is 1. The van der Waals surface area contributed by atoms with E-state index in [1.807, 2.05) is 0 Å². The molecule has 25 heavy (non-hydrogen) atoms. The van der Waals surface area contributed by atoms with Gasteiger partial charge in [0.25, 0.3) is 5.91 Å². The molecule has 0 fully saturated rings. The van der Waals surface area contributed by atoms with Crippen LogP contribution in [-0.2, 0) is 9.53 Å². The second kappa shape index (κ2) is 8.59. The number of ether oxygens (including phenoxy) is 1. The van der Waals surface area contributed by atoms with E-state index in [4.69, 9.17) is 10.5 Å². The molecule has 1 aromatic rings. The summed E-state index contributed by atoms with van der Waals surface area (Å²) >= 11 is 0. The Morgan fingerprint density at radius 1 is 1.20 bits per heavy atom. The number of aliphatic hydroxyl groups excluding tert-OH is 1. The van der Waals surface area contributed by atoms with Crippen molar-refractivity contribution in [3.63, 3.8) is 0 Å². The normalized spacial score (nSPS) is 13.6. The number of hydrogen-bond donors (Lipinski definition) is 3.